The van der Waals surface area contributed by atoms with Gasteiger partial charge in [-0.25, -0.2) is 17.5 Å². The number of sulfonamides is 1. The van der Waals surface area contributed by atoms with Crippen LogP contribution in [0.1, 0.15) is 36.5 Å². The lowest BCUT2D eigenvalue weighted by Crippen LogP contribution is -2.27. The molecule has 160 valence electrons. The first-order valence-corrected chi connectivity index (χ1v) is 11.9. The molecule has 2 aromatic rings. The quantitative estimate of drug-likeness (QED) is 0.430. The summed E-state index contributed by atoms with van der Waals surface area (Å²) in [6.07, 6.45) is 3.14. The number of hydrogen-bond acceptors (Lipinski definition) is 6. The van der Waals surface area contributed by atoms with Crippen molar-refractivity contribution >= 4 is 27.7 Å². The van der Waals surface area contributed by atoms with Crippen molar-refractivity contribution in [2.45, 2.75) is 43.3 Å². The lowest BCUT2D eigenvalue weighted by Gasteiger charge is -2.12. The number of benzene rings is 1. The summed E-state index contributed by atoms with van der Waals surface area (Å²) in [6, 6.07) is 3.11. The Morgan fingerprint density at radius 3 is 2.66 bits per heavy atom. The van der Waals surface area contributed by atoms with Crippen LogP contribution in [-0.2, 0) is 23.0 Å². The Labute approximate surface area is 174 Å². The molecule has 8 nitrogen and oxygen atoms in total. The fourth-order valence-electron chi connectivity index (χ4n) is 2.71. The van der Waals surface area contributed by atoms with Crippen LogP contribution in [0.25, 0.3) is 0 Å². The van der Waals surface area contributed by atoms with E-state index in [1.165, 1.54) is 18.8 Å². The Balaban J connectivity index is 1.99. The smallest absolute Gasteiger partial charge is 0.254 e. The van der Waals surface area contributed by atoms with E-state index in [0.29, 0.717) is 25.3 Å². The van der Waals surface area contributed by atoms with Crippen LogP contribution in [0.15, 0.2) is 28.3 Å². The second kappa shape index (κ2) is 10.2. The summed E-state index contributed by atoms with van der Waals surface area (Å²) in [5.41, 5.74) is -0.311. The first-order valence-electron chi connectivity index (χ1n) is 9.17. The molecule has 0 unspecified atom stereocenters. The molecule has 0 aliphatic carbocycles. The predicted molar refractivity (Wildman–Crippen MR) is 110 cm³/mol. The summed E-state index contributed by atoms with van der Waals surface area (Å²) >= 11 is 1.53. The number of aromatic nitrogens is 3. The zero-order valence-electron chi connectivity index (χ0n) is 16.9. The molecule has 1 aromatic heterocycles. The van der Waals surface area contributed by atoms with Crippen LogP contribution in [0.4, 0.5) is 4.39 Å². The largest absolute Gasteiger partial charge is 0.352 e. The minimum Gasteiger partial charge on any atom is -0.352 e. The van der Waals surface area contributed by atoms with Gasteiger partial charge < -0.3 is 9.88 Å². The van der Waals surface area contributed by atoms with Gasteiger partial charge in [0.1, 0.15) is 11.6 Å². The third-order valence-electron chi connectivity index (χ3n) is 4.15. The van der Waals surface area contributed by atoms with Crippen LogP contribution in [0, 0.1) is 11.7 Å². The Hall–Kier alpha value is -1.98. The molecule has 2 N–H and O–H groups in total. The second-order valence-electron chi connectivity index (χ2n) is 6.82. The van der Waals surface area contributed by atoms with Crippen LogP contribution in [0.3, 0.4) is 0 Å². The van der Waals surface area contributed by atoms with Crippen LogP contribution in [0.5, 0.6) is 0 Å². The van der Waals surface area contributed by atoms with E-state index < -0.39 is 21.7 Å². The molecule has 1 heterocycles. The van der Waals surface area contributed by atoms with Crippen molar-refractivity contribution in [3.8, 4) is 0 Å². The highest BCUT2D eigenvalue weighted by molar-refractivity contribution is 7.98. The highest BCUT2D eigenvalue weighted by Crippen LogP contribution is 2.17. The highest BCUT2D eigenvalue weighted by atomic mass is 32.2. The van der Waals surface area contributed by atoms with E-state index in [9.17, 15) is 17.6 Å². The van der Waals surface area contributed by atoms with E-state index in [0.717, 1.165) is 35.7 Å². The minimum absolute atomic E-state index is 0.169. The van der Waals surface area contributed by atoms with Gasteiger partial charge in [0.15, 0.2) is 5.16 Å². The van der Waals surface area contributed by atoms with Gasteiger partial charge in [-0.05, 0) is 43.8 Å². The predicted octanol–water partition coefficient (Wildman–Crippen LogP) is 2.07. The second-order valence-corrected chi connectivity index (χ2v) is 9.48. The Kier molecular flexibility index (Phi) is 8.17. The molecular weight excluding hydrogens is 417 g/mol. The minimum atomic E-state index is -3.76. The number of thioether (sulfide) groups is 1. The van der Waals surface area contributed by atoms with E-state index in [4.69, 9.17) is 0 Å². The number of carbonyl (C=O) groups excluding carboxylic acids is 1. The van der Waals surface area contributed by atoms with E-state index in [2.05, 4.69) is 38.7 Å². The van der Waals surface area contributed by atoms with Crippen LogP contribution < -0.4 is 10.0 Å². The first kappa shape index (κ1) is 23.3. The fourth-order valence-corrected chi connectivity index (χ4v) is 3.99. The zero-order valence-corrected chi connectivity index (χ0v) is 18.5. The highest BCUT2D eigenvalue weighted by Gasteiger charge is 2.18. The number of rotatable bonds is 10. The molecule has 0 aliphatic heterocycles. The number of hydrogen-bond donors (Lipinski definition) is 2. The molecule has 0 spiro atoms. The maximum absolute atomic E-state index is 14.0. The first-order chi connectivity index (χ1) is 13.7. The molecule has 0 bridgehead atoms. The van der Waals surface area contributed by atoms with Gasteiger partial charge in [0.25, 0.3) is 5.91 Å². The van der Waals surface area contributed by atoms with Gasteiger partial charge in [0.2, 0.25) is 10.0 Å². The Morgan fingerprint density at radius 1 is 1.31 bits per heavy atom. The summed E-state index contributed by atoms with van der Waals surface area (Å²) in [7, 11) is -2.51. The van der Waals surface area contributed by atoms with Crippen molar-refractivity contribution in [2.24, 2.45) is 5.92 Å². The number of nitrogens with zero attached hydrogens (tertiary/aromatic N) is 3. The van der Waals surface area contributed by atoms with Crippen molar-refractivity contribution in [3.05, 3.63) is 35.4 Å². The summed E-state index contributed by atoms with van der Waals surface area (Å²) < 4.78 is 41.9. The number of halogens is 1. The van der Waals surface area contributed by atoms with Crippen LogP contribution in [0.2, 0.25) is 0 Å². The molecule has 1 aromatic carbocycles. The van der Waals surface area contributed by atoms with Gasteiger partial charge in [-0.3, -0.25) is 4.79 Å². The monoisotopic (exact) mass is 443 g/mol. The number of carbonyl (C=O) groups is 1. The van der Waals surface area contributed by atoms with Crippen LogP contribution in [-0.4, -0.2) is 48.9 Å². The molecule has 0 radical (unpaired) electrons. The molecule has 0 saturated heterocycles. The maximum atomic E-state index is 14.0. The molecule has 11 heteroatoms. The number of amides is 1. The summed E-state index contributed by atoms with van der Waals surface area (Å²) in [5, 5.41) is 11.9. The van der Waals surface area contributed by atoms with Gasteiger partial charge in [-0.2, -0.15) is 0 Å². The van der Waals surface area contributed by atoms with Crippen molar-refractivity contribution < 1.29 is 17.6 Å². The topological polar surface area (TPSA) is 106 Å². The van der Waals surface area contributed by atoms with Crippen molar-refractivity contribution in [3.63, 3.8) is 0 Å². The lowest BCUT2D eigenvalue weighted by atomic mass is 10.2. The molecule has 1 amide bonds. The van der Waals surface area contributed by atoms with E-state index in [-0.39, 0.29) is 10.5 Å². The molecule has 2 rings (SSSR count). The summed E-state index contributed by atoms with van der Waals surface area (Å²) in [6.45, 7) is 5.34. The standard InChI is InChI=1S/C18H26FN5O3S2/c1-12(2)11-24-16(22-23-18(24)28-4)6-5-9-21-17(25)14-10-13(7-8-15(14)19)29(26,27)20-3/h7-8,10,12,20H,5-6,9,11H2,1-4H3,(H,21,25). The molecular formula is C18H26FN5O3S2. The van der Waals surface area contributed by atoms with E-state index >= 15 is 0 Å². The fraction of sp³-hybridized carbons (Fsp3) is 0.500. The SMILES string of the molecule is CNS(=O)(=O)c1ccc(F)c(C(=O)NCCCc2nnc(SC)n2CC(C)C)c1. The zero-order chi connectivity index (χ0) is 21.6. The van der Waals surface area contributed by atoms with Crippen molar-refractivity contribution in [2.75, 3.05) is 19.8 Å². The Morgan fingerprint density at radius 2 is 2.03 bits per heavy atom. The number of nitrogens with one attached hydrogen (secondary N) is 2. The van der Waals surface area contributed by atoms with E-state index in [1.54, 1.807) is 0 Å². The van der Waals surface area contributed by atoms with Crippen LogP contribution >= 0.6 is 11.8 Å². The number of aryl methyl sites for hydroxylation is 1. The normalized spacial score (nSPS) is 11.8. The molecule has 0 fully saturated rings. The summed E-state index contributed by atoms with van der Waals surface area (Å²) in [4.78, 5) is 12.1. The maximum Gasteiger partial charge on any atom is 0.254 e. The van der Waals surface area contributed by atoms with Gasteiger partial charge in [0, 0.05) is 19.5 Å². The van der Waals surface area contributed by atoms with Crippen molar-refractivity contribution in [1.29, 1.82) is 0 Å². The van der Waals surface area contributed by atoms with Gasteiger partial charge in [-0.15, -0.1) is 10.2 Å². The Bertz CT molecular complexity index is 960. The molecule has 29 heavy (non-hydrogen) atoms. The molecule has 0 aliphatic rings. The van der Waals surface area contributed by atoms with Gasteiger partial charge >= 0.3 is 0 Å². The molecule has 0 atom stereocenters. The third kappa shape index (κ3) is 6.00. The average molecular weight is 444 g/mol. The van der Waals surface area contributed by atoms with Crippen molar-refractivity contribution in [1.82, 2.24) is 24.8 Å². The van der Waals surface area contributed by atoms with Gasteiger partial charge in [0.05, 0.1) is 10.5 Å². The third-order valence-corrected chi connectivity index (χ3v) is 6.23. The van der Waals surface area contributed by atoms with E-state index in [1.807, 2.05) is 6.26 Å². The van der Waals surface area contributed by atoms with Gasteiger partial charge in [-0.1, -0.05) is 25.6 Å². The summed E-state index contributed by atoms with van der Waals surface area (Å²) in [5.74, 6) is -0.159. The molecule has 0 saturated carbocycles. The average Bonchev–Trinajstić information content (AvgIpc) is 3.06. The lowest BCUT2D eigenvalue weighted by molar-refractivity contribution is 0.0949.